The molecule has 0 amide bonds. The number of hydrogen-bond acceptors (Lipinski definition) is 4. The van der Waals surface area contributed by atoms with Crippen LogP contribution in [0.25, 0.3) is 10.9 Å². The van der Waals surface area contributed by atoms with E-state index >= 15 is 0 Å². The predicted octanol–water partition coefficient (Wildman–Crippen LogP) is 4.20. The summed E-state index contributed by atoms with van der Waals surface area (Å²) in [5.74, 6) is -0.800. The van der Waals surface area contributed by atoms with Crippen molar-refractivity contribution in [1.82, 2.24) is 4.98 Å². The van der Waals surface area contributed by atoms with Crippen molar-refractivity contribution in [3.8, 4) is 0 Å². The molecule has 0 fully saturated rings. The van der Waals surface area contributed by atoms with E-state index in [9.17, 15) is 9.59 Å². The van der Waals surface area contributed by atoms with Gasteiger partial charge in [-0.3, -0.25) is 4.79 Å². The normalized spacial score (nSPS) is 10.7. The van der Waals surface area contributed by atoms with Gasteiger partial charge in [-0.2, -0.15) is 0 Å². The molecular formula is C21H19NO3. The Kier molecular flexibility index (Phi) is 4.61. The number of aryl methyl sites for hydroxylation is 3. The lowest BCUT2D eigenvalue weighted by molar-refractivity contribution is 0.0469. The maximum atomic E-state index is 12.4. The zero-order chi connectivity index (χ0) is 18.0. The standard InChI is InChI=1S/C21H19NO3/c1-13-10-14(2)20(15(3)11-13)19(23)12-25-21(24)18-9-8-16-6-4-5-7-17(16)22-18/h4-11H,12H2,1-3H3. The molecule has 4 nitrogen and oxygen atoms in total. The molecule has 0 aliphatic rings. The van der Waals surface area contributed by atoms with Crippen LogP contribution in [-0.4, -0.2) is 23.3 Å². The van der Waals surface area contributed by atoms with Gasteiger partial charge in [-0.1, -0.05) is 42.0 Å². The number of aromatic nitrogens is 1. The molecular weight excluding hydrogens is 314 g/mol. The maximum Gasteiger partial charge on any atom is 0.357 e. The first kappa shape index (κ1) is 16.8. The number of carbonyl (C=O) groups is 2. The van der Waals surface area contributed by atoms with E-state index in [-0.39, 0.29) is 18.1 Å². The van der Waals surface area contributed by atoms with Crippen LogP contribution in [0.15, 0.2) is 48.5 Å². The minimum absolute atomic E-state index is 0.198. The number of esters is 1. The van der Waals surface area contributed by atoms with E-state index in [0.29, 0.717) is 11.1 Å². The maximum absolute atomic E-state index is 12.4. The lowest BCUT2D eigenvalue weighted by Crippen LogP contribution is -2.17. The molecule has 2 aromatic carbocycles. The Hall–Kier alpha value is -3.01. The zero-order valence-electron chi connectivity index (χ0n) is 14.5. The highest BCUT2D eigenvalue weighted by Gasteiger charge is 2.16. The van der Waals surface area contributed by atoms with Crippen LogP contribution in [0.3, 0.4) is 0 Å². The molecule has 0 unspecified atom stereocenters. The van der Waals surface area contributed by atoms with E-state index in [0.717, 1.165) is 22.1 Å². The first-order valence-electron chi connectivity index (χ1n) is 8.09. The van der Waals surface area contributed by atoms with Gasteiger partial charge in [-0.05, 0) is 44.0 Å². The van der Waals surface area contributed by atoms with Crippen LogP contribution >= 0.6 is 0 Å². The second-order valence-electron chi connectivity index (χ2n) is 6.16. The van der Waals surface area contributed by atoms with Crippen LogP contribution in [-0.2, 0) is 4.74 Å². The van der Waals surface area contributed by atoms with Crippen LogP contribution in [0.2, 0.25) is 0 Å². The third-order valence-corrected chi connectivity index (χ3v) is 4.10. The molecule has 0 saturated carbocycles. The molecule has 0 aliphatic heterocycles. The fourth-order valence-electron chi connectivity index (χ4n) is 3.08. The number of benzene rings is 2. The van der Waals surface area contributed by atoms with Gasteiger partial charge in [0.2, 0.25) is 5.78 Å². The number of ether oxygens (including phenoxy) is 1. The van der Waals surface area contributed by atoms with E-state index in [1.807, 2.05) is 63.2 Å². The monoisotopic (exact) mass is 333 g/mol. The largest absolute Gasteiger partial charge is 0.453 e. The molecule has 1 aromatic heterocycles. The van der Waals surface area contributed by atoms with Gasteiger partial charge in [0.05, 0.1) is 5.52 Å². The van der Waals surface area contributed by atoms with Gasteiger partial charge in [0, 0.05) is 10.9 Å². The van der Waals surface area contributed by atoms with Gasteiger partial charge in [-0.15, -0.1) is 0 Å². The summed E-state index contributed by atoms with van der Waals surface area (Å²) in [6.07, 6.45) is 0. The Morgan fingerprint density at radius 2 is 1.64 bits per heavy atom. The number of carbonyl (C=O) groups excluding carboxylic acids is 2. The van der Waals surface area contributed by atoms with Crippen LogP contribution in [0.5, 0.6) is 0 Å². The van der Waals surface area contributed by atoms with Gasteiger partial charge in [0.15, 0.2) is 6.61 Å². The van der Waals surface area contributed by atoms with Crippen molar-refractivity contribution in [3.63, 3.8) is 0 Å². The van der Waals surface area contributed by atoms with Gasteiger partial charge >= 0.3 is 5.97 Å². The first-order chi connectivity index (χ1) is 12.0. The summed E-state index contributed by atoms with van der Waals surface area (Å²) < 4.78 is 5.18. The van der Waals surface area contributed by atoms with E-state index in [1.54, 1.807) is 6.07 Å². The molecule has 0 atom stereocenters. The Balaban J connectivity index is 1.74. The van der Waals surface area contributed by atoms with Crippen molar-refractivity contribution in [2.24, 2.45) is 0 Å². The van der Waals surface area contributed by atoms with Gasteiger partial charge < -0.3 is 4.74 Å². The average Bonchev–Trinajstić information content (AvgIpc) is 2.58. The predicted molar refractivity (Wildman–Crippen MR) is 97.0 cm³/mol. The van der Waals surface area contributed by atoms with Crippen molar-refractivity contribution in [3.05, 3.63) is 76.5 Å². The fourth-order valence-corrected chi connectivity index (χ4v) is 3.08. The second-order valence-corrected chi connectivity index (χ2v) is 6.16. The minimum Gasteiger partial charge on any atom is -0.453 e. The SMILES string of the molecule is Cc1cc(C)c(C(=O)COC(=O)c2ccc3ccccc3n2)c(C)c1. The van der Waals surface area contributed by atoms with Crippen molar-refractivity contribution in [2.45, 2.75) is 20.8 Å². The fraction of sp³-hybridized carbons (Fsp3) is 0.190. The first-order valence-corrected chi connectivity index (χ1v) is 8.09. The van der Waals surface area contributed by atoms with Gasteiger partial charge in [0.25, 0.3) is 0 Å². The van der Waals surface area contributed by atoms with Crippen LogP contribution in [0.4, 0.5) is 0 Å². The zero-order valence-corrected chi connectivity index (χ0v) is 14.5. The molecule has 126 valence electrons. The van der Waals surface area contributed by atoms with Gasteiger partial charge in [0.1, 0.15) is 5.69 Å². The number of fused-ring (bicyclic) bond motifs is 1. The number of nitrogens with zero attached hydrogens (tertiary/aromatic N) is 1. The molecule has 0 radical (unpaired) electrons. The van der Waals surface area contributed by atoms with Crippen molar-refractivity contribution >= 4 is 22.7 Å². The molecule has 0 N–H and O–H groups in total. The second kappa shape index (κ2) is 6.85. The van der Waals surface area contributed by atoms with Crippen LogP contribution < -0.4 is 0 Å². The quantitative estimate of drug-likeness (QED) is 0.530. The molecule has 0 aliphatic carbocycles. The summed E-state index contributed by atoms with van der Waals surface area (Å²) >= 11 is 0. The Morgan fingerprint density at radius 3 is 2.36 bits per heavy atom. The molecule has 4 heteroatoms. The minimum atomic E-state index is -0.596. The number of rotatable bonds is 4. The van der Waals surface area contributed by atoms with E-state index in [2.05, 4.69) is 4.98 Å². The average molecular weight is 333 g/mol. The highest BCUT2D eigenvalue weighted by Crippen LogP contribution is 2.17. The summed E-state index contributed by atoms with van der Waals surface area (Å²) in [7, 11) is 0. The lowest BCUT2D eigenvalue weighted by Gasteiger charge is -2.10. The summed E-state index contributed by atoms with van der Waals surface area (Å²) in [6, 6.07) is 14.8. The summed E-state index contributed by atoms with van der Waals surface area (Å²) in [5.41, 5.74) is 4.41. The topological polar surface area (TPSA) is 56.3 Å². The highest BCUT2D eigenvalue weighted by molar-refractivity contribution is 6.01. The summed E-state index contributed by atoms with van der Waals surface area (Å²) in [4.78, 5) is 28.9. The van der Waals surface area contributed by atoms with Crippen molar-refractivity contribution < 1.29 is 14.3 Å². The third-order valence-electron chi connectivity index (χ3n) is 4.10. The molecule has 1 heterocycles. The smallest absolute Gasteiger partial charge is 0.357 e. The molecule has 0 bridgehead atoms. The Labute approximate surface area is 146 Å². The van der Waals surface area contributed by atoms with E-state index in [1.165, 1.54) is 0 Å². The number of hydrogen-bond donors (Lipinski definition) is 0. The molecule has 3 rings (SSSR count). The van der Waals surface area contributed by atoms with E-state index < -0.39 is 5.97 Å². The van der Waals surface area contributed by atoms with Crippen LogP contribution in [0, 0.1) is 20.8 Å². The Morgan fingerprint density at radius 1 is 0.960 bits per heavy atom. The summed E-state index contributed by atoms with van der Waals surface area (Å²) in [5, 5.41) is 0.945. The molecule has 25 heavy (non-hydrogen) atoms. The molecule has 0 saturated heterocycles. The number of para-hydroxylation sites is 1. The van der Waals surface area contributed by atoms with E-state index in [4.69, 9.17) is 4.74 Å². The number of pyridine rings is 1. The van der Waals surface area contributed by atoms with Gasteiger partial charge in [-0.25, -0.2) is 9.78 Å². The third kappa shape index (κ3) is 3.58. The van der Waals surface area contributed by atoms with Crippen molar-refractivity contribution in [2.75, 3.05) is 6.61 Å². The van der Waals surface area contributed by atoms with Crippen molar-refractivity contribution in [1.29, 1.82) is 0 Å². The highest BCUT2D eigenvalue weighted by atomic mass is 16.5. The molecule has 3 aromatic rings. The summed E-state index contributed by atoms with van der Waals surface area (Å²) in [6.45, 7) is 5.47. The number of Topliss-reactive ketones (excluding diaryl/α,β-unsaturated/α-hetero) is 1. The lowest BCUT2D eigenvalue weighted by atomic mass is 9.97. The van der Waals surface area contributed by atoms with Crippen LogP contribution in [0.1, 0.15) is 37.5 Å². The number of ketones is 1. The Bertz CT molecular complexity index is 953. The molecule has 0 spiro atoms.